The number of amides is 1. The first-order chi connectivity index (χ1) is 39.6. The van der Waals surface area contributed by atoms with Gasteiger partial charge in [0.05, 0.1) is 32.0 Å². The Kier molecular flexibility index (Phi) is 48.8. The van der Waals surface area contributed by atoms with Crippen molar-refractivity contribution in [1.82, 2.24) is 5.32 Å². The molecule has 0 radical (unpaired) electrons. The molecule has 14 heteroatoms. The number of hydrogen-bond donors (Lipinski definition) is 9. The van der Waals surface area contributed by atoms with Crippen molar-refractivity contribution in [2.24, 2.45) is 0 Å². The van der Waals surface area contributed by atoms with E-state index in [0.29, 0.717) is 6.42 Å². The second kappa shape index (κ2) is 52.5. The maximum atomic E-state index is 13.3. The minimum Gasteiger partial charge on any atom is -0.394 e. The van der Waals surface area contributed by atoms with Crippen LogP contribution in [0.3, 0.4) is 0 Å². The Bertz CT molecular complexity index is 1500. The number of ether oxygens (including phenoxy) is 4. The molecule has 2 heterocycles. The zero-order valence-electron chi connectivity index (χ0n) is 51.5. The van der Waals surface area contributed by atoms with E-state index in [1.807, 2.05) is 6.08 Å². The van der Waals surface area contributed by atoms with Crippen molar-refractivity contribution in [2.45, 2.75) is 364 Å². The minimum atomic E-state index is -1.79. The summed E-state index contributed by atoms with van der Waals surface area (Å²) in [5.41, 5.74) is 0. The molecule has 0 aromatic rings. The SMILES string of the molecule is CCCCCCC/C=C\C/C=C\CCCCCCCCCCCCCC(=O)NC(COC1OC(CO)C(OC2OC(CO)C(O)C(O)C2O)C(O)C1O)C(O)/C=C/CCCCCCCCCCCCCCCCCCCCCCCC. The number of carbonyl (C=O) groups excluding carboxylic acids is 1. The van der Waals surface area contributed by atoms with Crippen molar-refractivity contribution >= 4 is 5.91 Å². The lowest BCUT2D eigenvalue weighted by Gasteiger charge is -2.46. The van der Waals surface area contributed by atoms with Gasteiger partial charge in [0.2, 0.25) is 5.91 Å². The summed E-state index contributed by atoms with van der Waals surface area (Å²) in [6.07, 6.45) is 49.0. The van der Waals surface area contributed by atoms with Crippen LogP contribution < -0.4 is 5.32 Å². The van der Waals surface area contributed by atoms with Gasteiger partial charge >= 0.3 is 0 Å². The van der Waals surface area contributed by atoms with Gasteiger partial charge in [-0.2, -0.15) is 0 Å². The molecule has 0 spiro atoms. The number of hydrogen-bond acceptors (Lipinski definition) is 13. The predicted octanol–water partition coefficient (Wildman–Crippen LogP) is 13.0. The third kappa shape index (κ3) is 37.4. The molecule has 2 aliphatic rings. The van der Waals surface area contributed by atoms with E-state index in [1.165, 1.54) is 218 Å². The molecule has 0 bridgehead atoms. The summed E-state index contributed by atoms with van der Waals surface area (Å²) in [6.45, 7) is 2.83. The molecule has 9 N–H and O–H groups in total. The van der Waals surface area contributed by atoms with E-state index in [9.17, 15) is 45.6 Å². The van der Waals surface area contributed by atoms with Gasteiger partial charge in [-0.3, -0.25) is 4.79 Å². The van der Waals surface area contributed by atoms with Crippen LogP contribution in [-0.2, 0) is 23.7 Å². The van der Waals surface area contributed by atoms with E-state index in [0.717, 1.165) is 44.9 Å². The van der Waals surface area contributed by atoms with Gasteiger partial charge in [-0.25, -0.2) is 0 Å². The molecule has 12 unspecified atom stereocenters. The van der Waals surface area contributed by atoms with Gasteiger partial charge in [0.25, 0.3) is 0 Å². The van der Waals surface area contributed by atoms with Gasteiger partial charge in [-0.15, -0.1) is 0 Å². The lowest BCUT2D eigenvalue weighted by atomic mass is 9.97. The molecule has 2 fully saturated rings. The molecule has 0 aromatic carbocycles. The molecule has 2 saturated heterocycles. The summed E-state index contributed by atoms with van der Waals surface area (Å²) in [4.78, 5) is 13.3. The Labute approximate surface area is 493 Å². The fourth-order valence-corrected chi connectivity index (χ4v) is 11.1. The predicted molar refractivity (Wildman–Crippen MR) is 328 cm³/mol. The van der Waals surface area contributed by atoms with Gasteiger partial charge in [-0.1, -0.05) is 269 Å². The van der Waals surface area contributed by atoms with Crippen molar-refractivity contribution in [1.29, 1.82) is 0 Å². The highest BCUT2D eigenvalue weighted by molar-refractivity contribution is 5.76. The fourth-order valence-electron chi connectivity index (χ4n) is 11.1. The summed E-state index contributed by atoms with van der Waals surface area (Å²) >= 11 is 0. The number of carbonyl (C=O) groups is 1. The summed E-state index contributed by atoms with van der Waals surface area (Å²) in [5.74, 6) is -0.238. The number of aliphatic hydroxyl groups excluding tert-OH is 8. The molecular formula is C67H125NO13. The topological polar surface area (TPSA) is 228 Å². The smallest absolute Gasteiger partial charge is 0.220 e. The maximum Gasteiger partial charge on any atom is 0.220 e. The average molecular weight is 1150 g/mol. The summed E-state index contributed by atoms with van der Waals surface area (Å²) < 4.78 is 22.8. The van der Waals surface area contributed by atoms with Crippen LogP contribution in [0.5, 0.6) is 0 Å². The van der Waals surface area contributed by atoms with E-state index in [1.54, 1.807) is 6.08 Å². The van der Waals surface area contributed by atoms with E-state index < -0.39 is 86.8 Å². The molecule has 81 heavy (non-hydrogen) atoms. The van der Waals surface area contributed by atoms with Crippen LogP contribution in [0, 0.1) is 0 Å². The molecule has 0 aromatic heterocycles. The van der Waals surface area contributed by atoms with Gasteiger partial charge in [-0.05, 0) is 51.4 Å². The Morgan fingerprint density at radius 3 is 1.23 bits per heavy atom. The van der Waals surface area contributed by atoms with E-state index in [2.05, 4.69) is 43.5 Å². The highest BCUT2D eigenvalue weighted by Gasteiger charge is 2.51. The van der Waals surface area contributed by atoms with Crippen LogP contribution in [0.25, 0.3) is 0 Å². The third-order valence-corrected chi connectivity index (χ3v) is 16.6. The van der Waals surface area contributed by atoms with Crippen molar-refractivity contribution in [3.05, 3.63) is 36.5 Å². The first-order valence-electron chi connectivity index (χ1n) is 33.7. The highest BCUT2D eigenvalue weighted by Crippen LogP contribution is 2.30. The molecule has 1 amide bonds. The van der Waals surface area contributed by atoms with Gasteiger partial charge in [0.15, 0.2) is 12.6 Å². The normalized spacial score (nSPS) is 24.3. The van der Waals surface area contributed by atoms with E-state index in [4.69, 9.17) is 18.9 Å². The molecule has 0 aliphatic carbocycles. The minimum absolute atomic E-state index is 0.238. The zero-order chi connectivity index (χ0) is 58.8. The molecule has 2 rings (SSSR count). The second-order valence-corrected chi connectivity index (χ2v) is 24.0. The second-order valence-electron chi connectivity index (χ2n) is 24.0. The monoisotopic (exact) mass is 1150 g/mol. The average Bonchev–Trinajstić information content (AvgIpc) is 3.47. The maximum absolute atomic E-state index is 13.3. The number of allylic oxidation sites excluding steroid dienone is 5. The third-order valence-electron chi connectivity index (χ3n) is 16.6. The van der Waals surface area contributed by atoms with Gasteiger partial charge < -0.3 is 65.1 Å². The van der Waals surface area contributed by atoms with Crippen LogP contribution in [0.1, 0.15) is 290 Å². The van der Waals surface area contributed by atoms with Gasteiger partial charge in [0, 0.05) is 6.42 Å². The standard InChI is InChI=1S/C67H125NO13/c1-3-5-7-9-11-13-15-17-19-21-23-25-27-29-30-32-34-36-38-40-42-44-46-48-50-56(71)55(54-78-66-64(77)62(75)65(58(53-70)80-66)81-67-63(76)61(74)60(73)57(52-69)79-67)68-59(72)51-49-47-45-43-41-39-37-35-33-31-28-26-24-22-20-18-16-14-12-10-8-6-4-2/h16,18,22,24,48,50,55-58,60-67,69-71,73-77H,3-15,17,19-21,23,25-47,49,51-54H2,1-2H3,(H,68,72)/b18-16-,24-22-,50-48+. The Morgan fingerprint density at radius 1 is 0.444 bits per heavy atom. The van der Waals surface area contributed by atoms with Crippen LogP contribution in [0.15, 0.2) is 36.5 Å². The zero-order valence-corrected chi connectivity index (χ0v) is 51.5. The van der Waals surface area contributed by atoms with Crippen LogP contribution in [0.4, 0.5) is 0 Å². The Hall–Kier alpha value is -1.79. The molecule has 476 valence electrons. The molecule has 12 atom stereocenters. The van der Waals surface area contributed by atoms with E-state index >= 15 is 0 Å². The van der Waals surface area contributed by atoms with Crippen LogP contribution in [0.2, 0.25) is 0 Å². The Balaban J connectivity index is 1.71. The van der Waals surface area contributed by atoms with Crippen molar-refractivity contribution in [3.63, 3.8) is 0 Å². The lowest BCUT2D eigenvalue weighted by molar-refractivity contribution is -0.359. The molecule has 0 saturated carbocycles. The fraction of sp³-hybridized carbons (Fsp3) is 0.896. The highest BCUT2D eigenvalue weighted by atomic mass is 16.7. The Morgan fingerprint density at radius 2 is 0.815 bits per heavy atom. The summed E-state index contributed by atoms with van der Waals surface area (Å²) in [6, 6.07) is -0.916. The number of nitrogens with one attached hydrogen (secondary N) is 1. The largest absolute Gasteiger partial charge is 0.394 e. The molecule has 2 aliphatic heterocycles. The number of rotatable bonds is 55. The molecular weight excluding hydrogens is 1030 g/mol. The first-order valence-corrected chi connectivity index (χ1v) is 33.7. The van der Waals surface area contributed by atoms with Crippen molar-refractivity contribution in [3.8, 4) is 0 Å². The number of aliphatic hydroxyl groups is 8. The first kappa shape index (κ1) is 75.3. The van der Waals surface area contributed by atoms with E-state index in [-0.39, 0.29) is 18.9 Å². The summed E-state index contributed by atoms with van der Waals surface area (Å²) in [5, 5.41) is 87.4. The summed E-state index contributed by atoms with van der Waals surface area (Å²) in [7, 11) is 0. The van der Waals surface area contributed by atoms with Gasteiger partial charge in [0.1, 0.15) is 48.8 Å². The number of unbranched alkanes of at least 4 members (excludes halogenated alkanes) is 38. The van der Waals surface area contributed by atoms with Crippen molar-refractivity contribution in [2.75, 3.05) is 19.8 Å². The lowest BCUT2D eigenvalue weighted by Crippen LogP contribution is -2.65. The molecule has 14 nitrogen and oxygen atoms in total. The van der Waals surface area contributed by atoms with Crippen molar-refractivity contribution < 1.29 is 64.6 Å². The van der Waals surface area contributed by atoms with Crippen LogP contribution in [-0.4, -0.2) is 140 Å². The quantitative estimate of drug-likeness (QED) is 0.0204. The van der Waals surface area contributed by atoms with Crippen LogP contribution >= 0.6 is 0 Å².